The van der Waals surface area contributed by atoms with Crippen LogP contribution in [0.1, 0.15) is 27.2 Å². The van der Waals surface area contributed by atoms with Gasteiger partial charge in [-0.1, -0.05) is 0 Å². The van der Waals surface area contributed by atoms with Crippen molar-refractivity contribution in [1.82, 2.24) is 16.0 Å². The minimum Gasteiger partial charge on any atom is -0.444 e. The number of alkyl carbamates (subject to hydrolysis) is 1. The van der Waals surface area contributed by atoms with Crippen LogP contribution in [0.25, 0.3) is 0 Å². The summed E-state index contributed by atoms with van der Waals surface area (Å²) in [7, 11) is 1.92. The Bertz CT molecular complexity index is 190. The fourth-order valence-corrected chi connectivity index (χ4v) is 1.06. The molecule has 0 aromatic heterocycles. The summed E-state index contributed by atoms with van der Waals surface area (Å²) in [4.78, 5) is 11.2. The van der Waals surface area contributed by atoms with Gasteiger partial charge >= 0.3 is 6.09 Å². The zero-order valence-corrected chi connectivity index (χ0v) is 10.9. The lowest BCUT2D eigenvalue weighted by Gasteiger charge is -2.19. The molecule has 0 fully saturated rings. The van der Waals surface area contributed by atoms with Crippen LogP contribution in [0.2, 0.25) is 0 Å². The minimum absolute atomic E-state index is 0.345. The predicted molar refractivity (Wildman–Crippen MR) is 65.7 cm³/mol. The van der Waals surface area contributed by atoms with E-state index in [1.54, 1.807) is 0 Å². The first-order valence-corrected chi connectivity index (χ1v) is 5.78. The number of likely N-dealkylation sites (N-methyl/N-ethyl adjacent to an activating group) is 1. The summed E-state index contributed by atoms with van der Waals surface area (Å²) in [6.07, 6.45) is 0.561. The van der Waals surface area contributed by atoms with Crippen LogP contribution in [-0.2, 0) is 4.74 Å². The molecule has 16 heavy (non-hydrogen) atoms. The van der Waals surface area contributed by atoms with Gasteiger partial charge in [0.2, 0.25) is 0 Å². The number of hydrogen-bond donors (Lipinski definition) is 3. The molecule has 0 saturated carbocycles. The van der Waals surface area contributed by atoms with Crippen molar-refractivity contribution in [1.29, 1.82) is 0 Å². The van der Waals surface area contributed by atoms with Crippen LogP contribution < -0.4 is 16.0 Å². The van der Waals surface area contributed by atoms with E-state index in [-0.39, 0.29) is 6.09 Å². The summed E-state index contributed by atoms with van der Waals surface area (Å²) in [5.74, 6) is 0. The van der Waals surface area contributed by atoms with Crippen LogP contribution in [0.4, 0.5) is 4.79 Å². The van der Waals surface area contributed by atoms with Crippen LogP contribution >= 0.6 is 0 Å². The zero-order chi connectivity index (χ0) is 12.4. The largest absolute Gasteiger partial charge is 0.444 e. The van der Waals surface area contributed by atoms with Gasteiger partial charge < -0.3 is 20.7 Å². The van der Waals surface area contributed by atoms with Gasteiger partial charge in [0.25, 0.3) is 0 Å². The van der Waals surface area contributed by atoms with E-state index in [0.717, 1.165) is 26.1 Å². The third-order valence-corrected chi connectivity index (χ3v) is 1.75. The Kier molecular flexibility index (Phi) is 7.93. The lowest BCUT2D eigenvalue weighted by atomic mass is 10.2. The standard InChI is InChI=1S/C11H25N3O2/c1-11(2,3)16-10(15)14-7-5-6-13-9-8-12-4/h12-13H,5-9H2,1-4H3,(H,14,15). The molecule has 0 radical (unpaired) electrons. The third-order valence-electron chi connectivity index (χ3n) is 1.75. The Balaban J connectivity index is 3.28. The van der Waals surface area contributed by atoms with E-state index in [1.165, 1.54) is 0 Å². The second-order valence-corrected chi connectivity index (χ2v) is 4.64. The molecule has 0 aromatic rings. The van der Waals surface area contributed by atoms with Crippen LogP contribution in [0.15, 0.2) is 0 Å². The molecular weight excluding hydrogens is 206 g/mol. The summed E-state index contributed by atoms with van der Waals surface area (Å²) in [5, 5.41) is 9.02. The van der Waals surface area contributed by atoms with E-state index >= 15 is 0 Å². The second kappa shape index (κ2) is 8.35. The number of carbonyl (C=O) groups excluding carboxylic acids is 1. The van der Waals surface area contributed by atoms with Gasteiger partial charge in [0.05, 0.1) is 0 Å². The maximum absolute atomic E-state index is 11.2. The van der Waals surface area contributed by atoms with Gasteiger partial charge in [-0.25, -0.2) is 4.79 Å². The highest BCUT2D eigenvalue weighted by atomic mass is 16.6. The first-order chi connectivity index (χ1) is 7.45. The van der Waals surface area contributed by atoms with E-state index in [1.807, 2.05) is 27.8 Å². The number of rotatable bonds is 7. The number of nitrogens with one attached hydrogen (secondary N) is 3. The van der Waals surface area contributed by atoms with Crippen LogP contribution in [0.5, 0.6) is 0 Å². The number of carbonyl (C=O) groups is 1. The summed E-state index contributed by atoms with van der Waals surface area (Å²) in [6, 6.07) is 0. The molecule has 0 spiro atoms. The van der Waals surface area contributed by atoms with Crippen molar-refractivity contribution in [2.24, 2.45) is 0 Å². The van der Waals surface area contributed by atoms with Crippen molar-refractivity contribution in [3.05, 3.63) is 0 Å². The monoisotopic (exact) mass is 231 g/mol. The third kappa shape index (κ3) is 11.3. The molecule has 0 aliphatic carbocycles. The predicted octanol–water partition coefficient (Wildman–Crippen LogP) is 0.710. The highest BCUT2D eigenvalue weighted by Gasteiger charge is 2.15. The van der Waals surface area contributed by atoms with E-state index in [2.05, 4.69) is 16.0 Å². The van der Waals surface area contributed by atoms with Crippen molar-refractivity contribution in [3.8, 4) is 0 Å². The first kappa shape index (κ1) is 15.2. The summed E-state index contributed by atoms with van der Waals surface area (Å²) >= 11 is 0. The minimum atomic E-state index is -0.421. The molecule has 0 unspecified atom stereocenters. The molecule has 5 nitrogen and oxygen atoms in total. The van der Waals surface area contributed by atoms with Crippen molar-refractivity contribution in [2.45, 2.75) is 32.8 Å². The normalized spacial score (nSPS) is 11.2. The van der Waals surface area contributed by atoms with Crippen molar-refractivity contribution < 1.29 is 9.53 Å². The Hall–Kier alpha value is -0.810. The van der Waals surface area contributed by atoms with Gasteiger partial charge in [0.1, 0.15) is 5.60 Å². The Morgan fingerprint density at radius 2 is 1.81 bits per heavy atom. The maximum Gasteiger partial charge on any atom is 0.407 e. The van der Waals surface area contributed by atoms with Crippen molar-refractivity contribution in [3.63, 3.8) is 0 Å². The quantitative estimate of drug-likeness (QED) is 0.565. The molecule has 0 atom stereocenters. The van der Waals surface area contributed by atoms with Gasteiger partial charge in [-0.15, -0.1) is 0 Å². The van der Waals surface area contributed by atoms with Crippen LogP contribution in [-0.4, -0.2) is 44.9 Å². The highest BCUT2D eigenvalue weighted by Crippen LogP contribution is 2.06. The van der Waals surface area contributed by atoms with Gasteiger partial charge in [-0.2, -0.15) is 0 Å². The molecule has 0 aliphatic heterocycles. The summed E-state index contributed by atoms with van der Waals surface area (Å²) in [5.41, 5.74) is -0.421. The van der Waals surface area contributed by atoms with Gasteiger partial charge in [0.15, 0.2) is 0 Å². The lowest BCUT2D eigenvalue weighted by molar-refractivity contribution is 0.0527. The molecular formula is C11H25N3O2. The maximum atomic E-state index is 11.2. The van der Waals surface area contributed by atoms with Gasteiger partial charge in [0, 0.05) is 19.6 Å². The number of ether oxygens (including phenoxy) is 1. The molecule has 3 N–H and O–H groups in total. The van der Waals surface area contributed by atoms with E-state index in [4.69, 9.17) is 4.74 Å². The van der Waals surface area contributed by atoms with E-state index in [9.17, 15) is 4.79 Å². The first-order valence-electron chi connectivity index (χ1n) is 5.78. The zero-order valence-electron chi connectivity index (χ0n) is 10.9. The summed E-state index contributed by atoms with van der Waals surface area (Å²) < 4.78 is 5.10. The van der Waals surface area contributed by atoms with Crippen molar-refractivity contribution in [2.75, 3.05) is 33.2 Å². The van der Waals surface area contributed by atoms with Gasteiger partial charge in [-0.05, 0) is 40.8 Å². The fraction of sp³-hybridized carbons (Fsp3) is 0.909. The van der Waals surface area contributed by atoms with E-state index < -0.39 is 5.60 Å². The number of amides is 1. The molecule has 96 valence electrons. The molecule has 0 bridgehead atoms. The molecule has 1 amide bonds. The Morgan fingerprint density at radius 1 is 1.12 bits per heavy atom. The van der Waals surface area contributed by atoms with Crippen LogP contribution in [0, 0.1) is 0 Å². The fourth-order valence-electron chi connectivity index (χ4n) is 1.06. The topological polar surface area (TPSA) is 62.4 Å². The molecule has 0 aromatic carbocycles. The average Bonchev–Trinajstić information content (AvgIpc) is 2.13. The average molecular weight is 231 g/mol. The Labute approximate surface area is 98.3 Å². The molecule has 0 rings (SSSR count). The summed E-state index contributed by atoms with van der Waals surface area (Å²) in [6.45, 7) is 9.00. The van der Waals surface area contributed by atoms with Crippen molar-refractivity contribution >= 4 is 6.09 Å². The molecule has 5 heteroatoms. The molecule has 0 aliphatic rings. The SMILES string of the molecule is CNCCNCCCNC(=O)OC(C)(C)C. The highest BCUT2D eigenvalue weighted by molar-refractivity contribution is 5.67. The molecule has 0 saturated heterocycles. The van der Waals surface area contributed by atoms with Gasteiger partial charge in [-0.3, -0.25) is 0 Å². The van der Waals surface area contributed by atoms with E-state index in [0.29, 0.717) is 6.54 Å². The molecule has 0 heterocycles. The second-order valence-electron chi connectivity index (χ2n) is 4.64. The lowest BCUT2D eigenvalue weighted by Crippen LogP contribution is -2.34. The van der Waals surface area contributed by atoms with Crippen LogP contribution in [0.3, 0.4) is 0 Å². The smallest absolute Gasteiger partial charge is 0.407 e. The number of hydrogen-bond acceptors (Lipinski definition) is 4. The Morgan fingerprint density at radius 3 is 2.38 bits per heavy atom.